The highest BCUT2D eigenvalue weighted by Crippen LogP contribution is 2.26. The molecule has 1 aliphatic heterocycles. The van der Waals surface area contributed by atoms with Gasteiger partial charge in [-0.05, 0) is 30.7 Å². The highest BCUT2D eigenvalue weighted by molar-refractivity contribution is 8.00. The van der Waals surface area contributed by atoms with Crippen LogP contribution in [0.5, 0.6) is 0 Å². The lowest BCUT2D eigenvalue weighted by Gasteiger charge is -2.21. The fraction of sp³-hybridized carbons (Fsp3) is 0.500. The van der Waals surface area contributed by atoms with E-state index in [1.165, 1.54) is 0 Å². The Labute approximate surface area is 121 Å². The molecule has 0 amide bonds. The van der Waals surface area contributed by atoms with Crippen LogP contribution in [0, 0.1) is 11.6 Å². The standard InChI is InChI=1S/C12H16F2N2O2S2/c13-9-4-5-10(11(14)12(9)15)20(17,18)16-7-8-3-1-2-6-19-8/h4-5,8,16H,1-3,6-7,15H2. The van der Waals surface area contributed by atoms with Crippen molar-refractivity contribution in [2.24, 2.45) is 0 Å². The number of halogens is 2. The first-order valence-corrected chi connectivity index (χ1v) is 8.80. The smallest absolute Gasteiger partial charge is 0.243 e. The van der Waals surface area contributed by atoms with Crippen LogP contribution in [0.25, 0.3) is 0 Å². The summed E-state index contributed by atoms with van der Waals surface area (Å²) in [5, 5.41) is 0.194. The number of sulfonamides is 1. The number of nitrogens with one attached hydrogen (secondary N) is 1. The maximum atomic E-state index is 13.7. The maximum Gasteiger partial charge on any atom is 0.243 e. The van der Waals surface area contributed by atoms with Crippen molar-refractivity contribution in [3.8, 4) is 0 Å². The molecule has 0 aliphatic carbocycles. The lowest BCUT2D eigenvalue weighted by molar-refractivity contribution is 0.545. The number of hydrogen-bond acceptors (Lipinski definition) is 4. The zero-order valence-corrected chi connectivity index (χ0v) is 12.4. The van der Waals surface area contributed by atoms with Gasteiger partial charge in [0.05, 0.1) is 0 Å². The van der Waals surface area contributed by atoms with Gasteiger partial charge in [-0.15, -0.1) is 0 Å². The summed E-state index contributed by atoms with van der Waals surface area (Å²) in [6.45, 7) is 0.240. The van der Waals surface area contributed by atoms with Crippen LogP contribution in [0.3, 0.4) is 0 Å². The second-order valence-corrected chi connectivity index (χ2v) is 7.76. The van der Waals surface area contributed by atoms with E-state index < -0.39 is 32.2 Å². The van der Waals surface area contributed by atoms with E-state index in [1.807, 2.05) is 0 Å². The van der Waals surface area contributed by atoms with Gasteiger partial charge in [0.2, 0.25) is 10.0 Å². The van der Waals surface area contributed by atoms with E-state index in [-0.39, 0.29) is 11.8 Å². The molecule has 4 nitrogen and oxygen atoms in total. The van der Waals surface area contributed by atoms with E-state index in [0.717, 1.165) is 37.1 Å². The Hall–Kier alpha value is -0.860. The molecule has 2 rings (SSSR count). The van der Waals surface area contributed by atoms with Crippen LogP contribution >= 0.6 is 11.8 Å². The number of thioether (sulfide) groups is 1. The quantitative estimate of drug-likeness (QED) is 0.833. The topological polar surface area (TPSA) is 72.2 Å². The molecule has 1 saturated heterocycles. The predicted octanol–water partition coefficient (Wildman–Crippen LogP) is 2.11. The molecule has 1 atom stereocenters. The van der Waals surface area contributed by atoms with Crippen LogP contribution in [0.1, 0.15) is 19.3 Å². The molecule has 1 aromatic rings. The maximum absolute atomic E-state index is 13.7. The zero-order valence-electron chi connectivity index (χ0n) is 10.7. The van der Waals surface area contributed by atoms with Crippen molar-refractivity contribution in [3.05, 3.63) is 23.8 Å². The Kier molecular flexibility index (Phi) is 4.87. The van der Waals surface area contributed by atoms with Crippen molar-refractivity contribution in [1.82, 2.24) is 4.72 Å². The summed E-state index contributed by atoms with van der Waals surface area (Å²) in [5.41, 5.74) is 4.39. The van der Waals surface area contributed by atoms with Gasteiger partial charge in [-0.3, -0.25) is 0 Å². The Morgan fingerprint density at radius 3 is 2.75 bits per heavy atom. The number of benzene rings is 1. The summed E-state index contributed by atoms with van der Waals surface area (Å²) >= 11 is 1.70. The van der Waals surface area contributed by atoms with Gasteiger partial charge in [-0.1, -0.05) is 6.42 Å². The highest BCUT2D eigenvalue weighted by atomic mass is 32.2. The largest absolute Gasteiger partial charge is 0.394 e. The van der Waals surface area contributed by atoms with Gasteiger partial charge >= 0.3 is 0 Å². The molecule has 0 radical (unpaired) electrons. The van der Waals surface area contributed by atoms with E-state index in [1.54, 1.807) is 11.8 Å². The fourth-order valence-corrected chi connectivity index (χ4v) is 4.52. The molecule has 1 aliphatic rings. The van der Waals surface area contributed by atoms with Crippen LogP contribution in [-0.4, -0.2) is 26.0 Å². The highest BCUT2D eigenvalue weighted by Gasteiger charge is 2.24. The van der Waals surface area contributed by atoms with Crippen LogP contribution in [0.15, 0.2) is 17.0 Å². The van der Waals surface area contributed by atoms with Crippen LogP contribution in [0.4, 0.5) is 14.5 Å². The predicted molar refractivity (Wildman–Crippen MR) is 76.1 cm³/mol. The van der Waals surface area contributed by atoms with Gasteiger partial charge in [-0.2, -0.15) is 11.8 Å². The summed E-state index contributed by atoms with van der Waals surface area (Å²) in [7, 11) is -4.01. The third kappa shape index (κ3) is 3.42. The summed E-state index contributed by atoms with van der Waals surface area (Å²) in [6.07, 6.45) is 3.13. The molecule has 1 unspecified atom stereocenters. The van der Waals surface area contributed by atoms with E-state index >= 15 is 0 Å². The molecule has 1 fully saturated rings. The molecule has 8 heteroatoms. The molecule has 0 saturated carbocycles. The third-order valence-electron chi connectivity index (χ3n) is 3.16. The van der Waals surface area contributed by atoms with Crippen LogP contribution < -0.4 is 10.5 Å². The number of nitrogen functional groups attached to an aromatic ring is 1. The van der Waals surface area contributed by atoms with Crippen LogP contribution in [0.2, 0.25) is 0 Å². The molecule has 20 heavy (non-hydrogen) atoms. The molecule has 1 aromatic carbocycles. The number of hydrogen-bond donors (Lipinski definition) is 2. The Morgan fingerprint density at radius 2 is 2.10 bits per heavy atom. The lowest BCUT2D eigenvalue weighted by atomic mass is 10.2. The lowest BCUT2D eigenvalue weighted by Crippen LogP contribution is -2.32. The Morgan fingerprint density at radius 1 is 1.35 bits per heavy atom. The van der Waals surface area contributed by atoms with Crippen LogP contribution in [-0.2, 0) is 10.0 Å². The number of rotatable bonds is 4. The minimum absolute atomic E-state index is 0.194. The van der Waals surface area contributed by atoms with Crippen molar-refractivity contribution in [2.45, 2.75) is 29.4 Å². The first-order valence-electron chi connectivity index (χ1n) is 6.26. The van der Waals surface area contributed by atoms with Crippen molar-refractivity contribution in [3.63, 3.8) is 0 Å². The van der Waals surface area contributed by atoms with Gasteiger partial charge < -0.3 is 5.73 Å². The molecular formula is C12H16F2N2O2S2. The minimum Gasteiger partial charge on any atom is -0.394 e. The zero-order chi connectivity index (χ0) is 14.8. The monoisotopic (exact) mass is 322 g/mol. The number of nitrogens with two attached hydrogens (primary N) is 1. The number of anilines is 1. The van der Waals surface area contributed by atoms with Gasteiger partial charge in [0.1, 0.15) is 16.4 Å². The van der Waals surface area contributed by atoms with Gasteiger partial charge in [0.15, 0.2) is 5.82 Å². The second-order valence-electron chi connectivity index (χ2n) is 4.61. The van der Waals surface area contributed by atoms with E-state index in [2.05, 4.69) is 4.72 Å². The van der Waals surface area contributed by atoms with Crippen molar-refractivity contribution < 1.29 is 17.2 Å². The van der Waals surface area contributed by atoms with E-state index in [9.17, 15) is 17.2 Å². The SMILES string of the molecule is Nc1c(F)ccc(S(=O)(=O)NCC2CCCCS2)c1F. The molecule has 112 valence electrons. The summed E-state index contributed by atoms with van der Waals surface area (Å²) in [6, 6.07) is 1.74. The molecular weight excluding hydrogens is 306 g/mol. The fourth-order valence-electron chi connectivity index (χ4n) is 2.01. The molecule has 0 aromatic heterocycles. The Bertz CT molecular complexity index is 587. The first-order chi connectivity index (χ1) is 9.42. The second kappa shape index (κ2) is 6.28. The molecule has 0 spiro atoms. The van der Waals surface area contributed by atoms with Crippen molar-refractivity contribution >= 4 is 27.5 Å². The summed E-state index contributed by atoms with van der Waals surface area (Å²) in [4.78, 5) is -0.614. The summed E-state index contributed by atoms with van der Waals surface area (Å²) < 4.78 is 53.2. The van der Waals surface area contributed by atoms with Gasteiger partial charge in [-0.25, -0.2) is 21.9 Å². The van der Waals surface area contributed by atoms with Crippen molar-refractivity contribution in [1.29, 1.82) is 0 Å². The summed E-state index contributed by atoms with van der Waals surface area (Å²) in [5.74, 6) is -1.21. The average molecular weight is 322 g/mol. The normalized spacial score (nSPS) is 20.0. The Balaban J connectivity index is 2.12. The van der Waals surface area contributed by atoms with E-state index in [4.69, 9.17) is 5.73 Å². The van der Waals surface area contributed by atoms with E-state index in [0.29, 0.717) is 0 Å². The van der Waals surface area contributed by atoms with Crippen molar-refractivity contribution in [2.75, 3.05) is 18.0 Å². The van der Waals surface area contributed by atoms with Gasteiger partial charge in [0, 0.05) is 11.8 Å². The first kappa shape index (κ1) is 15.5. The molecule has 3 N–H and O–H groups in total. The third-order valence-corrected chi connectivity index (χ3v) is 5.99. The van der Waals surface area contributed by atoms with Gasteiger partial charge in [0.25, 0.3) is 0 Å². The molecule has 1 heterocycles. The molecule has 0 bridgehead atoms. The average Bonchev–Trinajstić information content (AvgIpc) is 2.44. The minimum atomic E-state index is -4.01.